The number of amides is 3. The number of nitrogens with zero attached hydrogens (tertiary/aromatic N) is 6. The van der Waals surface area contributed by atoms with Crippen molar-refractivity contribution in [1.29, 1.82) is 0 Å². The molecule has 0 saturated carbocycles. The molecule has 3 amide bonds. The Balaban J connectivity index is 0.829. The van der Waals surface area contributed by atoms with Crippen LogP contribution in [-0.2, 0) is 25.9 Å². The Morgan fingerprint density at radius 2 is 1.73 bits per heavy atom. The van der Waals surface area contributed by atoms with Gasteiger partial charge in [-0.15, -0.1) is 4.31 Å². The first-order valence-corrected chi connectivity index (χ1v) is 21.9. The fourth-order valence-electron chi connectivity index (χ4n) is 8.12. The fraction of sp³-hybridized carbons (Fsp3) is 0.364. The summed E-state index contributed by atoms with van der Waals surface area (Å²) >= 11 is -1.80. The second-order valence-electron chi connectivity index (χ2n) is 15.9. The van der Waals surface area contributed by atoms with E-state index < -0.39 is 40.6 Å². The molecule has 4 N–H and O–H groups in total. The van der Waals surface area contributed by atoms with E-state index in [1.807, 2.05) is 34.1 Å². The van der Waals surface area contributed by atoms with Crippen molar-refractivity contribution in [3.8, 4) is 11.1 Å². The van der Waals surface area contributed by atoms with Crippen LogP contribution in [0.15, 0.2) is 73.2 Å². The summed E-state index contributed by atoms with van der Waals surface area (Å²) in [6, 6.07) is 15.1. The summed E-state index contributed by atoms with van der Waals surface area (Å²) in [5.74, 6) is -2.37. The number of piperidine rings is 2. The third kappa shape index (κ3) is 9.22. The van der Waals surface area contributed by atoms with Gasteiger partial charge in [-0.3, -0.25) is 24.5 Å². The number of ketones is 1. The van der Waals surface area contributed by atoms with Crippen LogP contribution in [0.25, 0.3) is 22.2 Å². The standard InChI is InChI=1S/C44H48F2N10O5S/c1-3-53(2)62(61)52-35-10-9-34(45)40(41(35)46)42(59)33-25-49-43-32(33)22-29(24-48-43)28-4-12-37(47-23-28)56-21-20-55(39(58)26-56)19-16-27-14-17-54(18-15-27)31-7-5-30(6-8-31)50-36-11-13-38(57)51-44(36)60/h4-10,12,22-25,27,36,50,52H,3,11,13-21,26H2,1-2H3,(H,48,49)(H,51,57,60). The van der Waals surface area contributed by atoms with Gasteiger partial charge in [0.15, 0.2) is 17.4 Å². The zero-order chi connectivity index (χ0) is 43.5. The predicted molar refractivity (Wildman–Crippen MR) is 234 cm³/mol. The van der Waals surface area contributed by atoms with Gasteiger partial charge in [-0.1, -0.05) is 0 Å². The number of fused-ring (bicyclic) bond motifs is 1. The first kappa shape index (κ1) is 42.6. The molecule has 0 bridgehead atoms. The van der Waals surface area contributed by atoms with Crippen LogP contribution < -0.4 is 25.2 Å². The lowest BCUT2D eigenvalue weighted by atomic mass is 9.93. The Morgan fingerprint density at radius 3 is 2.44 bits per heavy atom. The highest BCUT2D eigenvalue weighted by atomic mass is 32.2. The van der Waals surface area contributed by atoms with Gasteiger partial charge in [0.2, 0.25) is 23.5 Å². The van der Waals surface area contributed by atoms with Gasteiger partial charge in [-0.25, -0.2) is 18.7 Å². The van der Waals surface area contributed by atoms with Crippen molar-refractivity contribution >= 4 is 69.0 Å². The number of nitrogens with one attached hydrogen (secondary N) is 4. The molecule has 62 heavy (non-hydrogen) atoms. The number of pyridine rings is 2. The van der Waals surface area contributed by atoms with Crippen LogP contribution in [0.2, 0.25) is 0 Å². The molecule has 2 unspecified atom stereocenters. The van der Waals surface area contributed by atoms with Gasteiger partial charge in [-0.05, 0) is 93.1 Å². The van der Waals surface area contributed by atoms with Crippen molar-refractivity contribution < 1.29 is 32.5 Å². The van der Waals surface area contributed by atoms with Gasteiger partial charge >= 0.3 is 0 Å². The van der Waals surface area contributed by atoms with E-state index in [4.69, 9.17) is 0 Å². The highest BCUT2D eigenvalue weighted by Crippen LogP contribution is 2.31. The van der Waals surface area contributed by atoms with Crippen LogP contribution in [0.4, 0.5) is 31.7 Å². The van der Waals surface area contributed by atoms with E-state index in [2.05, 4.69) is 47.3 Å². The van der Waals surface area contributed by atoms with Gasteiger partial charge in [-0.2, -0.15) is 4.72 Å². The molecule has 3 saturated heterocycles. The number of anilines is 4. The molecule has 18 heteroatoms. The zero-order valence-electron chi connectivity index (χ0n) is 34.5. The molecule has 5 aromatic rings. The van der Waals surface area contributed by atoms with Crippen molar-refractivity contribution in [1.82, 2.24) is 29.5 Å². The number of hydrogen-bond acceptors (Lipinski definition) is 12. The SMILES string of the molecule is CCN(C)[S+]([O-])Nc1ccc(F)c(C(=O)c2c[nH]c3ncc(-c4ccc(N5CCN(CCC6CCN(c7ccc(NC8CCC(=O)NC8=O)cc7)CC6)C(=O)C5)nc4)cc23)c1F. The van der Waals surface area contributed by atoms with Crippen LogP contribution in [0.3, 0.4) is 0 Å². The molecular weight excluding hydrogens is 819 g/mol. The summed E-state index contributed by atoms with van der Waals surface area (Å²) in [4.78, 5) is 68.8. The molecule has 3 aliphatic rings. The minimum Gasteiger partial charge on any atom is -0.573 e. The van der Waals surface area contributed by atoms with Gasteiger partial charge < -0.3 is 29.6 Å². The lowest BCUT2D eigenvalue weighted by molar-refractivity contribution is -0.134. The maximum absolute atomic E-state index is 15.6. The lowest BCUT2D eigenvalue weighted by Gasteiger charge is -2.37. The summed E-state index contributed by atoms with van der Waals surface area (Å²) in [5, 5.41) is 5.97. The summed E-state index contributed by atoms with van der Waals surface area (Å²) in [7, 11) is 1.57. The number of carbonyl (C=O) groups excluding carboxylic acids is 4. The zero-order valence-corrected chi connectivity index (χ0v) is 35.3. The summed E-state index contributed by atoms with van der Waals surface area (Å²) < 4.78 is 47.0. The smallest absolute Gasteiger partial charge is 0.249 e. The number of rotatable bonds is 14. The van der Waals surface area contributed by atoms with Crippen LogP contribution in [0.1, 0.15) is 54.9 Å². The Labute approximate surface area is 360 Å². The number of carbonyl (C=O) groups is 4. The first-order valence-electron chi connectivity index (χ1n) is 20.8. The highest BCUT2D eigenvalue weighted by Gasteiger charge is 2.30. The summed E-state index contributed by atoms with van der Waals surface area (Å²) in [5.41, 5.74) is 2.63. The molecule has 3 fully saturated rings. The van der Waals surface area contributed by atoms with Crippen LogP contribution >= 0.6 is 0 Å². The van der Waals surface area contributed by atoms with Crippen molar-refractivity contribution in [3.63, 3.8) is 0 Å². The van der Waals surface area contributed by atoms with Gasteiger partial charge in [0.25, 0.3) is 0 Å². The van der Waals surface area contributed by atoms with Crippen LogP contribution in [-0.4, -0.2) is 111 Å². The Bertz CT molecular complexity index is 2460. The Hall–Kier alpha value is -6.11. The fourth-order valence-corrected chi connectivity index (χ4v) is 8.85. The van der Waals surface area contributed by atoms with E-state index in [-0.39, 0.29) is 35.5 Å². The Kier molecular flexibility index (Phi) is 12.7. The van der Waals surface area contributed by atoms with Crippen molar-refractivity contribution in [3.05, 3.63) is 95.9 Å². The van der Waals surface area contributed by atoms with Crippen molar-refractivity contribution in [2.24, 2.45) is 5.92 Å². The van der Waals surface area contributed by atoms with E-state index in [1.165, 1.54) is 10.5 Å². The minimum atomic E-state index is -1.80. The molecule has 0 radical (unpaired) electrons. The summed E-state index contributed by atoms with van der Waals surface area (Å²) in [6.45, 7) is 6.21. The van der Waals surface area contributed by atoms with E-state index in [0.29, 0.717) is 72.9 Å². The highest BCUT2D eigenvalue weighted by molar-refractivity contribution is 7.90. The third-order valence-corrected chi connectivity index (χ3v) is 13.2. The van der Waals surface area contributed by atoms with Crippen LogP contribution in [0.5, 0.6) is 0 Å². The Morgan fingerprint density at radius 1 is 0.952 bits per heavy atom. The van der Waals surface area contributed by atoms with E-state index in [9.17, 15) is 23.7 Å². The van der Waals surface area contributed by atoms with Crippen molar-refractivity contribution in [2.45, 2.75) is 45.1 Å². The average Bonchev–Trinajstić information content (AvgIpc) is 3.71. The molecule has 8 rings (SSSR count). The number of imide groups is 1. The number of piperazine rings is 1. The topological polar surface area (TPSA) is 182 Å². The van der Waals surface area contributed by atoms with Crippen LogP contribution in [0, 0.1) is 17.6 Å². The van der Waals surface area contributed by atoms with E-state index in [0.717, 1.165) is 55.9 Å². The molecule has 0 spiro atoms. The lowest BCUT2D eigenvalue weighted by Crippen LogP contribution is -2.51. The predicted octanol–water partition coefficient (Wildman–Crippen LogP) is 5.25. The monoisotopic (exact) mass is 866 g/mol. The average molecular weight is 867 g/mol. The molecule has 2 atom stereocenters. The molecule has 3 aliphatic heterocycles. The number of halogens is 2. The molecular formula is C44H48F2N10O5S. The number of aromatic amines is 1. The normalized spacial score (nSPS) is 18.1. The molecule has 2 aromatic carbocycles. The largest absolute Gasteiger partial charge is 0.573 e. The van der Waals surface area contributed by atoms with Gasteiger partial charge in [0.05, 0.1) is 12.1 Å². The maximum Gasteiger partial charge on any atom is 0.249 e. The summed E-state index contributed by atoms with van der Waals surface area (Å²) in [6.07, 6.45) is 8.48. The van der Waals surface area contributed by atoms with E-state index in [1.54, 1.807) is 32.4 Å². The number of benzene rings is 2. The quantitative estimate of drug-likeness (QED) is 0.0648. The van der Waals surface area contributed by atoms with Gasteiger partial charge in [0.1, 0.15) is 29.0 Å². The third-order valence-electron chi connectivity index (χ3n) is 12.0. The second-order valence-corrected chi connectivity index (χ2v) is 17.2. The minimum absolute atomic E-state index is 0.0210. The molecule has 6 heterocycles. The first-order chi connectivity index (χ1) is 29.9. The number of H-pyrrole nitrogens is 1. The molecule has 324 valence electrons. The van der Waals surface area contributed by atoms with Crippen molar-refractivity contribution in [2.75, 3.05) is 72.7 Å². The number of hydrogen-bond donors (Lipinski definition) is 4. The molecule has 3 aromatic heterocycles. The molecule has 0 aliphatic carbocycles. The van der Waals surface area contributed by atoms with E-state index >= 15 is 8.78 Å². The maximum atomic E-state index is 15.6. The van der Waals surface area contributed by atoms with Gasteiger partial charge in [0, 0.05) is 105 Å². The molecule has 15 nitrogen and oxygen atoms in total. The second kappa shape index (κ2) is 18.5. The number of aromatic nitrogens is 3.